The van der Waals surface area contributed by atoms with E-state index in [0.717, 1.165) is 31.9 Å². The zero-order chi connectivity index (χ0) is 18.5. The first-order valence-electron chi connectivity index (χ1n) is 8.91. The molecule has 6 nitrogen and oxygen atoms in total. The molecule has 0 spiro atoms. The summed E-state index contributed by atoms with van der Waals surface area (Å²) in [6, 6.07) is 8.46. The maximum atomic E-state index is 13.0. The molecule has 2 aliphatic rings. The Morgan fingerprint density at radius 3 is 2.23 bits per heavy atom. The number of likely N-dealkylation sites (N-methyl/N-ethyl adjacent to an activating group) is 1. The van der Waals surface area contributed by atoms with Gasteiger partial charge in [0.15, 0.2) is 0 Å². The van der Waals surface area contributed by atoms with Gasteiger partial charge in [0.05, 0.1) is 0 Å². The summed E-state index contributed by atoms with van der Waals surface area (Å²) in [6.45, 7) is 5.96. The van der Waals surface area contributed by atoms with Crippen LogP contribution in [0.1, 0.15) is 0 Å². The van der Waals surface area contributed by atoms with E-state index in [1.54, 1.807) is 23.2 Å². The quantitative estimate of drug-likeness (QED) is 0.600. The minimum absolute atomic E-state index is 0.199. The molecule has 0 saturated carbocycles. The number of benzene rings is 1. The van der Waals surface area contributed by atoms with Crippen molar-refractivity contribution in [3.8, 4) is 6.07 Å². The molecule has 2 saturated heterocycles. The van der Waals surface area contributed by atoms with E-state index in [9.17, 15) is 14.4 Å². The largest absolute Gasteiger partial charge is 0.374 e. The van der Waals surface area contributed by atoms with Gasteiger partial charge in [-0.15, -0.1) is 0 Å². The molecule has 0 atom stereocenters. The van der Waals surface area contributed by atoms with Crippen molar-refractivity contribution in [3.05, 3.63) is 41.9 Å². The summed E-state index contributed by atoms with van der Waals surface area (Å²) in [7, 11) is 2.07. The lowest BCUT2D eigenvalue weighted by molar-refractivity contribution is -0.127. The summed E-state index contributed by atoms with van der Waals surface area (Å²) >= 11 is 0. The Balaban J connectivity index is 1.58. The number of halogens is 1. The lowest BCUT2D eigenvalue weighted by Gasteiger charge is -2.36. The highest BCUT2D eigenvalue weighted by Gasteiger charge is 2.24. The van der Waals surface area contributed by atoms with Gasteiger partial charge in [-0.05, 0) is 31.3 Å². The molecule has 0 aliphatic carbocycles. The molecule has 0 bridgehead atoms. The van der Waals surface area contributed by atoms with Crippen molar-refractivity contribution < 1.29 is 9.18 Å². The maximum Gasteiger partial charge on any atom is 0.266 e. The van der Waals surface area contributed by atoms with E-state index in [1.165, 1.54) is 12.1 Å². The molecule has 138 valence electrons. The molecule has 7 heteroatoms. The second-order valence-corrected chi connectivity index (χ2v) is 6.75. The summed E-state index contributed by atoms with van der Waals surface area (Å²) in [5.41, 5.74) is 1.15. The van der Waals surface area contributed by atoms with E-state index < -0.39 is 0 Å². The van der Waals surface area contributed by atoms with Gasteiger partial charge in [-0.25, -0.2) is 4.39 Å². The topological polar surface area (TPSA) is 53.8 Å². The minimum atomic E-state index is -0.254. The third kappa shape index (κ3) is 4.33. The monoisotopic (exact) mass is 357 g/mol. The molecule has 0 aromatic heterocycles. The first-order chi connectivity index (χ1) is 12.6. The minimum Gasteiger partial charge on any atom is -0.374 e. The van der Waals surface area contributed by atoms with Crippen molar-refractivity contribution in [3.63, 3.8) is 0 Å². The van der Waals surface area contributed by atoms with Gasteiger partial charge in [0.2, 0.25) is 0 Å². The molecule has 2 fully saturated rings. The molecule has 2 heterocycles. The van der Waals surface area contributed by atoms with Crippen LogP contribution in [-0.4, -0.2) is 80.0 Å². The fourth-order valence-electron chi connectivity index (χ4n) is 3.26. The van der Waals surface area contributed by atoms with Crippen molar-refractivity contribution in [2.24, 2.45) is 0 Å². The van der Waals surface area contributed by atoms with Gasteiger partial charge in [-0.2, -0.15) is 5.26 Å². The molecular formula is C19H24FN5O. The average Bonchev–Trinajstić information content (AvgIpc) is 2.68. The summed E-state index contributed by atoms with van der Waals surface area (Å²) in [5, 5.41) is 9.42. The Bertz CT molecular complexity index is 696. The molecule has 0 unspecified atom stereocenters. The number of amides is 1. The number of piperazine rings is 2. The summed E-state index contributed by atoms with van der Waals surface area (Å²) < 4.78 is 13.0. The lowest BCUT2D eigenvalue weighted by atomic mass is 10.2. The summed E-state index contributed by atoms with van der Waals surface area (Å²) in [4.78, 5) is 20.8. The van der Waals surface area contributed by atoms with Crippen LogP contribution < -0.4 is 4.90 Å². The van der Waals surface area contributed by atoms with Crippen LogP contribution in [0, 0.1) is 17.1 Å². The van der Waals surface area contributed by atoms with Crippen molar-refractivity contribution in [1.29, 1.82) is 5.26 Å². The highest BCUT2D eigenvalue weighted by molar-refractivity contribution is 5.97. The van der Waals surface area contributed by atoms with Crippen molar-refractivity contribution in [2.75, 3.05) is 64.3 Å². The number of carbonyl (C=O) groups excluding carboxylic acids is 1. The van der Waals surface area contributed by atoms with Crippen LogP contribution >= 0.6 is 0 Å². The SMILES string of the molecule is CN1CCN(/C=C(/C#N)C(=O)N2CCN(c3ccc(F)cc3)CC2)CC1. The van der Waals surface area contributed by atoms with Crippen LogP contribution in [0.4, 0.5) is 10.1 Å². The third-order valence-electron chi connectivity index (χ3n) is 4.96. The van der Waals surface area contributed by atoms with E-state index in [2.05, 4.69) is 22.9 Å². The zero-order valence-electron chi connectivity index (χ0n) is 15.1. The molecule has 1 aromatic carbocycles. The predicted octanol–water partition coefficient (Wildman–Crippen LogP) is 1.13. The number of nitrogens with zero attached hydrogens (tertiary/aromatic N) is 5. The Hall–Kier alpha value is -2.59. The Labute approximate surface area is 153 Å². The fourth-order valence-corrected chi connectivity index (χ4v) is 3.26. The van der Waals surface area contributed by atoms with Gasteiger partial charge in [-0.3, -0.25) is 4.79 Å². The summed E-state index contributed by atoms with van der Waals surface area (Å²) in [6.07, 6.45) is 1.71. The van der Waals surface area contributed by atoms with E-state index in [4.69, 9.17) is 0 Å². The number of nitriles is 1. The van der Waals surface area contributed by atoms with E-state index in [1.807, 2.05) is 4.90 Å². The van der Waals surface area contributed by atoms with Gasteiger partial charge in [0.1, 0.15) is 17.5 Å². The highest BCUT2D eigenvalue weighted by atomic mass is 19.1. The number of rotatable bonds is 3. The first kappa shape index (κ1) is 18.2. The van der Waals surface area contributed by atoms with E-state index >= 15 is 0 Å². The van der Waals surface area contributed by atoms with Crippen molar-refractivity contribution >= 4 is 11.6 Å². The number of hydrogen-bond acceptors (Lipinski definition) is 5. The highest BCUT2D eigenvalue weighted by Crippen LogP contribution is 2.18. The van der Waals surface area contributed by atoms with Crippen LogP contribution in [0.3, 0.4) is 0 Å². The van der Waals surface area contributed by atoms with Gasteiger partial charge in [0.25, 0.3) is 5.91 Å². The van der Waals surface area contributed by atoms with Crippen LogP contribution in [0.25, 0.3) is 0 Å². The second kappa shape index (κ2) is 8.19. The third-order valence-corrected chi connectivity index (χ3v) is 4.96. The number of hydrogen-bond donors (Lipinski definition) is 0. The maximum absolute atomic E-state index is 13.0. The molecule has 0 N–H and O–H groups in total. The standard InChI is InChI=1S/C19H24FN5O/c1-22-6-8-23(9-7-22)15-16(14-21)19(26)25-12-10-24(11-13-25)18-4-2-17(20)3-5-18/h2-5,15H,6-13H2,1H3/b16-15-. The van der Waals surface area contributed by atoms with Crippen molar-refractivity contribution in [1.82, 2.24) is 14.7 Å². The smallest absolute Gasteiger partial charge is 0.266 e. The molecule has 2 aliphatic heterocycles. The predicted molar refractivity (Wildman–Crippen MR) is 98.0 cm³/mol. The van der Waals surface area contributed by atoms with Crippen molar-refractivity contribution in [2.45, 2.75) is 0 Å². The van der Waals surface area contributed by atoms with Gasteiger partial charge < -0.3 is 19.6 Å². The van der Waals surface area contributed by atoms with Crippen LogP contribution in [-0.2, 0) is 4.79 Å². The fraction of sp³-hybridized carbons (Fsp3) is 0.474. The molecule has 0 radical (unpaired) electrons. The Morgan fingerprint density at radius 2 is 1.65 bits per heavy atom. The van der Waals surface area contributed by atoms with Gasteiger partial charge in [-0.1, -0.05) is 0 Å². The zero-order valence-corrected chi connectivity index (χ0v) is 15.1. The van der Waals surface area contributed by atoms with Gasteiger partial charge in [0, 0.05) is 64.2 Å². The molecule has 3 rings (SSSR count). The average molecular weight is 357 g/mol. The molecule has 1 amide bonds. The van der Waals surface area contributed by atoms with E-state index in [0.29, 0.717) is 26.2 Å². The number of anilines is 1. The second-order valence-electron chi connectivity index (χ2n) is 6.75. The summed E-state index contributed by atoms with van der Waals surface area (Å²) in [5.74, 6) is -0.458. The van der Waals surface area contributed by atoms with E-state index in [-0.39, 0.29) is 17.3 Å². The molecule has 1 aromatic rings. The lowest BCUT2D eigenvalue weighted by Crippen LogP contribution is -2.49. The molecular weight excluding hydrogens is 333 g/mol. The van der Waals surface area contributed by atoms with Crippen LogP contribution in [0.5, 0.6) is 0 Å². The van der Waals surface area contributed by atoms with Crippen LogP contribution in [0.15, 0.2) is 36.0 Å². The Kier molecular flexibility index (Phi) is 5.74. The van der Waals surface area contributed by atoms with Gasteiger partial charge >= 0.3 is 0 Å². The first-order valence-corrected chi connectivity index (χ1v) is 8.91. The molecule has 26 heavy (non-hydrogen) atoms. The Morgan fingerprint density at radius 1 is 1.04 bits per heavy atom. The normalized spacial score (nSPS) is 19.4. The van der Waals surface area contributed by atoms with Crippen LogP contribution in [0.2, 0.25) is 0 Å². The number of carbonyl (C=O) groups is 1.